The lowest BCUT2D eigenvalue weighted by Crippen LogP contribution is -2.09. The highest BCUT2D eigenvalue weighted by Gasteiger charge is 2.10. The molecule has 0 aromatic heterocycles. The van der Waals surface area contributed by atoms with Crippen LogP contribution in [0.1, 0.15) is 15.9 Å². The van der Waals surface area contributed by atoms with Gasteiger partial charge in [0.25, 0.3) is 0 Å². The van der Waals surface area contributed by atoms with Gasteiger partial charge in [-0.25, -0.2) is 4.79 Å². The van der Waals surface area contributed by atoms with E-state index in [2.05, 4.69) is 0 Å². The lowest BCUT2D eigenvalue weighted by Gasteiger charge is -2.10. The van der Waals surface area contributed by atoms with Crippen LogP contribution in [0.25, 0.3) is 6.08 Å². The average Bonchev–Trinajstić information content (AvgIpc) is 2.64. The zero-order valence-corrected chi connectivity index (χ0v) is 14.9. The fraction of sp³-hybridized carbons (Fsp3) is 0.158. The lowest BCUT2D eigenvalue weighted by molar-refractivity contribution is -0.139. The largest absolute Gasteiger partial charge is 0.493 e. The minimum absolute atomic E-state index is 0.222. The van der Waals surface area contributed by atoms with Crippen LogP contribution in [0.3, 0.4) is 0 Å². The van der Waals surface area contributed by atoms with Crippen LogP contribution in [0.2, 0.25) is 5.02 Å². The van der Waals surface area contributed by atoms with E-state index in [1.807, 2.05) is 0 Å². The first-order chi connectivity index (χ1) is 12.4. The molecule has 2 rings (SSSR count). The third kappa shape index (κ3) is 5.00. The molecule has 136 valence electrons. The molecule has 0 amide bonds. The molecule has 0 spiro atoms. The van der Waals surface area contributed by atoms with Crippen molar-refractivity contribution in [3.05, 3.63) is 58.6 Å². The Morgan fingerprint density at radius 1 is 1.12 bits per heavy atom. The van der Waals surface area contributed by atoms with Crippen molar-refractivity contribution in [2.45, 2.75) is 0 Å². The number of ether oxygens (including phenoxy) is 3. The summed E-state index contributed by atoms with van der Waals surface area (Å²) < 4.78 is 15.4. The van der Waals surface area contributed by atoms with E-state index in [4.69, 9.17) is 30.9 Å². The number of benzene rings is 2. The molecule has 0 aliphatic carbocycles. The van der Waals surface area contributed by atoms with Gasteiger partial charge in [0, 0.05) is 5.56 Å². The summed E-state index contributed by atoms with van der Waals surface area (Å²) in [6.07, 6.45) is 3.02. The van der Waals surface area contributed by atoms with Crippen LogP contribution in [0.15, 0.2) is 42.5 Å². The topological polar surface area (TPSA) is 82.1 Å². The summed E-state index contributed by atoms with van der Waals surface area (Å²) in [5.41, 5.74) is 1.12. The van der Waals surface area contributed by atoms with E-state index in [1.54, 1.807) is 30.3 Å². The summed E-state index contributed by atoms with van der Waals surface area (Å²) in [7, 11) is 2.99. The molecule has 26 heavy (non-hydrogen) atoms. The van der Waals surface area contributed by atoms with Crippen molar-refractivity contribution < 1.29 is 28.9 Å². The van der Waals surface area contributed by atoms with Crippen molar-refractivity contribution in [1.82, 2.24) is 0 Å². The molecule has 0 atom stereocenters. The van der Waals surface area contributed by atoms with Crippen molar-refractivity contribution in [1.29, 1.82) is 0 Å². The predicted octanol–water partition coefficient (Wildman–Crippen LogP) is 3.72. The molecule has 0 saturated carbocycles. The van der Waals surface area contributed by atoms with Crippen LogP contribution in [0.5, 0.6) is 17.2 Å². The molecule has 0 fully saturated rings. The SMILES string of the molecule is COc1cc(/C=C/C(=O)c2ccc(OCC(=O)O)cc2)cc(Cl)c1OC. The van der Waals surface area contributed by atoms with Crippen molar-refractivity contribution >= 4 is 29.4 Å². The third-order valence-corrected chi connectivity index (χ3v) is 3.66. The number of rotatable bonds is 8. The number of carboxylic acids is 1. The fourth-order valence-corrected chi connectivity index (χ4v) is 2.46. The van der Waals surface area contributed by atoms with E-state index in [-0.39, 0.29) is 5.78 Å². The number of halogens is 1. The molecular formula is C19H17ClO6. The van der Waals surface area contributed by atoms with Gasteiger partial charge in [0.2, 0.25) is 0 Å². The Hall–Kier alpha value is -2.99. The van der Waals surface area contributed by atoms with E-state index in [0.717, 1.165) is 0 Å². The van der Waals surface area contributed by atoms with Crippen molar-refractivity contribution in [3.63, 3.8) is 0 Å². The van der Waals surface area contributed by atoms with E-state index >= 15 is 0 Å². The second kappa shape index (κ2) is 8.92. The van der Waals surface area contributed by atoms with Gasteiger partial charge in [-0.15, -0.1) is 0 Å². The van der Waals surface area contributed by atoms with Crippen LogP contribution in [-0.4, -0.2) is 37.7 Å². The molecule has 0 bridgehead atoms. The van der Waals surface area contributed by atoms with Gasteiger partial charge in [-0.2, -0.15) is 0 Å². The number of carboxylic acid groups (broad SMARTS) is 1. The van der Waals surface area contributed by atoms with Crippen molar-refractivity contribution in [2.24, 2.45) is 0 Å². The lowest BCUT2D eigenvalue weighted by atomic mass is 10.1. The number of ketones is 1. The van der Waals surface area contributed by atoms with Gasteiger partial charge < -0.3 is 19.3 Å². The summed E-state index contributed by atoms with van der Waals surface area (Å²) in [6.45, 7) is -0.437. The number of hydrogen-bond donors (Lipinski definition) is 1. The molecule has 0 aliphatic rings. The van der Waals surface area contributed by atoms with E-state index in [0.29, 0.717) is 33.4 Å². The zero-order valence-electron chi connectivity index (χ0n) is 14.2. The molecule has 0 radical (unpaired) electrons. The number of allylic oxidation sites excluding steroid dienone is 1. The molecular weight excluding hydrogens is 360 g/mol. The second-order valence-electron chi connectivity index (χ2n) is 5.14. The standard InChI is InChI=1S/C19H17ClO6/c1-24-17-10-12(9-15(20)19(17)25-2)3-8-16(21)13-4-6-14(7-5-13)26-11-18(22)23/h3-10H,11H2,1-2H3,(H,22,23)/b8-3+. The smallest absolute Gasteiger partial charge is 0.341 e. The summed E-state index contributed by atoms with van der Waals surface area (Å²) in [5, 5.41) is 8.95. The number of carbonyl (C=O) groups is 2. The molecule has 0 aliphatic heterocycles. The Balaban J connectivity index is 2.11. The molecule has 1 N–H and O–H groups in total. The van der Waals surface area contributed by atoms with Crippen molar-refractivity contribution in [2.75, 3.05) is 20.8 Å². The number of hydrogen-bond acceptors (Lipinski definition) is 5. The Morgan fingerprint density at radius 2 is 1.81 bits per heavy atom. The first-order valence-electron chi connectivity index (χ1n) is 7.53. The Bertz CT molecular complexity index is 827. The Labute approximate surface area is 155 Å². The second-order valence-corrected chi connectivity index (χ2v) is 5.55. The zero-order chi connectivity index (χ0) is 19.1. The molecule has 0 saturated heterocycles. The summed E-state index contributed by atoms with van der Waals surface area (Å²) in [5.74, 6) is -0.0245. The summed E-state index contributed by atoms with van der Waals surface area (Å²) >= 11 is 6.14. The Morgan fingerprint density at radius 3 is 2.38 bits per heavy atom. The number of methoxy groups -OCH3 is 2. The first kappa shape index (κ1) is 19.3. The van der Waals surface area contributed by atoms with Crippen LogP contribution < -0.4 is 14.2 Å². The molecule has 0 heterocycles. The monoisotopic (exact) mass is 376 g/mol. The highest BCUT2D eigenvalue weighted by molar-refractivity contribution is 6.32. The van der Waals surface area contributed by atoms with Crippen molar-refractivity contribution in [3.8, 4) is 17.2 Å². The summed E-state index contributed by atoms with van der Waals surface area (Å²) in [4.78, 5) is 22.7. The van der Waals surface area contributed by atoms with Gasteiger partial charge in [-0.1, -0.05) is 17.7 Å². The number of carbonyl (C=O) groups excluding carboxylic acids is 1. The highest BCUT2D eigenvalue weighted by Crippen LogP contribution is 2.36. The van der Waals surface area contributed by atoms with Gasteiger partial charge in [-0.05, 0) is 48.0 Å². The van der Waals surface area contributed by atoms with Gasteiger partial charge in [0.15, 0.2) is 23.9 Å². The quantitative estimate of drug-likeness (QED) is 0.558. The van der Waals surface area contributed by atoms with Crippen LogP contribution in [0, 0.1) is 0 Å². The minimum Gasteiger partial charge on any atom is -0.493 e. The maximum Gasteiger partial charge on any atom is 0.341 e. The molecule has 6 nitrogen and oxygen atoms in total. The van der Waals surface area contributed by atoms with E-state index < -0.39 is 12.6 Å². The predicted molar refractivity (Wildman–Crippen MR) is 97.5 cm³/mol. The van der Waals surface area contributed by atoms with Gasteiger partial charge in [0.05, 0.1) is 19.2 Å². The third-order valence-electron chi connectivity index (χ3n) is 3.38. The van der Waals surface area contributed by atoms with Crippen LogP contribution >= 0.6 is 11.6 Å². The van der Waals surface area contributed by atoms with Gasteiger partial charge in [-0.3, -0.25) is 4.79 Å². The van der Waals surface area contributed by atoms with Crippen LogP contribution in [-0.2, 0) is 4.79 Å². The maximum absolute atomic E-state index is 12.2. The van der Waals surface area contributed by atoms with Gasteiger partial charge in [0.1, 0.15) is 5.75 Å². The molecule has 2 aromatic rings. The van der Waals surface area contributed by atoms with Gasteiger partial charge >= 0.3 is 5.97 Å². The van der Waals surface area contributed by atoms with Crippen LogP contribution in [0.4, 0.5) is 0 Å². The molecule has 2 aromatic carbocycles. The van der Waals surface area contributed by atoms with E-state index in [1.165, 1.54) is 32.4 Å². The highest BCUT2D eigenvalue weighted by atomic mass is 35.5. The minimum atomic E-state index is -1.07. The fourth-order valence-electron chi connectivity index (χ4n) is 2.16. The summed E-state index contributed by atoms with van der Waals surface area (Å²) in [6, 6.07) is 9.57. The first-order valence-corrected chi connectivity index (χ1v) is 7.91. The maximum atomic E-state index is 12.2. The molecule has 7 heteroatoms. The Kier molecular flexibility index (Phi) is 6.63. The average molecular weight is 377 g/mol. The number of aliphatic carboxylic acids is 1. The normalized spacial score (nSPS) is 10.6. The molecule has 0 unspecified atom stereocenters. The van der Waals surface area contributed by atoms with E-state index in [9.17, 15) is 9.59 Å².